The highest BCUT2D eigenvalue weighted by atomic mass is 16.5. The van der Waals surface area contributed by atoms with Crippen LogP contribution in [-0.2, 0) is 16.1 Å². The van der Waals surface area contributed by atoms with Crippen molar-refractivity contribution < 1.29 is 14.1 Å². The second-order valence-corrected chi connectivity index (χ2v) is 3.49. The van der Waals surface area contributed by atoms with Gasteiger partial charge in [-0.3, -0.25) is 4.79 Å². The van der Waals surface area contributed by atoms with Gasteiger partial charge in [0.05, 0.1) is 13.2 Å². The lowest BCUT2D eigenvalue weighted by Gasteiger charge is -2.19. The number of hydrogen-bond acceptors (Lipinski definition) is 6. The summed E-state index contributed by atoms with van der Waals surface area (Å²) < 4.78 is 9.61. The average Bonchev–Trinajstić information content (AvgIpc) is 2.85. The van der Waals surface area contributed by atoms with E-state index in [2.05, 4.69) is 20.0 Å². The van der Waals surface area contributed by atoms with E-state index in [1.165, 1.54) is 6.39 Å². The predicted molar refractivity (Wildman–Crippen MR) is 48.5 cm³/mol. The molecular formula is C8H12N4O3. The molecule has 0 saturated carbocycles. The van der Waals surface area contributed by atoms with Gasteiger partial charge < -0.3 is 20.3 Å². The maximum absolute atomic E-state index is 11.7. The lowest BCUT2D eigenvalue weighted by atomic mass is 9.99. The van der Waals surface area contributed by atoms with E-state index in [1.54, 1.807) is 0 Å². The Balaban J connectivity index is 1.87. The van der Waals surface area contributed by atoms with Gasteiger partial charge in [-0.2, -0.15) is 4.98 Å². The molecule has 7 nitrogen and oxygen atoms in total. The summed E-state index contributed by atoms with van der Waals surface area (Å²) in [5.41, 5.74) is 4.93. The molecule has 2 heterocycles. The Morgan fingerprint density at radius 1 is 1.73 bits per heavy atom. The van der Waals surface area contributed by atoms with Crippen LogP contribution in [0.4, 0.5) is 0 Å². The van der Waals surface area contributed by atoms with E-state index in [0.29, 0.717) is 18.9 Å². The second-order valence-electron chi connectivity index (χ2n) is 3.49. The number of rotatable bonds is 3. The lowest BCUT2D eigenvalue weighted by Crippen LogP contribution is -2.54. The van der Waals surface area contributed by atoms with Crippen molar-refractivity contribution in [1.29, 1.82) is 0 Å². The molecule has 1 aromatic heterocycles. The molecule has 0 aromatic carbocycles. The lowest BCUT2D eigenvalue weighted by molar-refractivity contribution is -0.126. The summed E-state index contributed by atoms with van der Waals surface area (Å²) in [6.07, 6.45) is 1.74. The first-order chi connectivity index (χ1) is 7.21. The normalized spacial score (nSPS) is 25.4. The SMILES string of the molecule is NC1(C(=O)NCc2ncon2)CCOC1. The van der Waals surface area contributed by atoms with Gasteiger partial charge in [0.2, 0.25) is 12.3 Å². The molecule has 1 aromatic rings. The van der Waals surface area contributed by atoms with Crippen molar-refractivity contribution in [2.75, 3.05) is 13.2 Å². The van der Waals surface area contributed by atoms with Crippen LogP contribution >= 0.6 is 0 Å². The Labute approximate surface area is 86.0 Å². The van der Waals surface area contributed by atoms with Gasteiger partial charge in [0, 0.05) is 6.61 Å². The first-order valence-electron chi connectivity index (χ1n) is 4.61. The number of nitrogens with two attached hydrogens (primary N) is 1. The number of amides is 1. The van der Waals surface area contributed by atoms with Gasteiger partial charge in [-0.1, -0.05) is 5.16 Å². The van der Waals surface area contributed by atoms with E-state index in [9.17, 15) is 4.79 Å². The molecule has 0 spiro atoms. The van der Waals surface area contributed by atoms with E-state index in [-0.39, 0.29) is 19.1 Å². The molecule has 1 atom stereocenters. The molecule has 1 aliphatic rings. The van der Waals surface area contributed by atoms with Crippen molar-refractivity contribution >= 4 is 5.91 Å². The summed E-state index contributed by atoms with van der Waals surface area (Å²) in [5.74, 6) is 0.177. The van der Waals surface area contributed by atoms with Crippen molar-refractivity contribution in [2.24, 2.45) is 5.73 Å². The predicted octanol–water partition coefficient (Wildman–Crippen LogP) is -1.20. The third kappa shape index (κ3) is 2.13. The summed E-state index contributed by atoms with van der Waals surface area (Å²) in [6.45, 7) is 0.992. The maximum atomic E-state index is 11.7. The minimum Gasteiger partial charge on any atom is -0.379 e. The summed E-state index contributed by atoms with van der Waals surface area (Å²) >= 11 is 0. The van der Waals surface area contributed by atoms with Crippen LogP contribution in [0.1, 0.15) is 12.2 Å². The molecule has 1 unspecified atom stereocenters. The number of carbonyl (C=O) groups is 1. The molecular weight excluding hydrogens is 200 g/mol. The van der Waals surface area contributed by atoms with Crippen molar-refractivity contribution in [3.63, 3.8) is 0 Å². The fraction of sp³-hybridized carbons (Fsp3) is 0.625. The minimum atomic E-state index is -0.913. The van der Waals surface area contributed by atoms with Crippen molar-refractivity contribution in [3.05, 3.63) is 12.2 Å². The first kappa shape index (κ1) is 10.1. The van der Waals surface area contributed by atoms with Crippen LogP contribution in [0.3, 0.4) is 0 Å². The van der Waals surface area contributed by atoms with Crippen LogP contribution in [-0.4, -0.2) is 34.8 Å². The Morgan fingerprint density at radius 3 is 3.20 bits per heavy atom. The quantitative estimate of drug-likeness (QED) is 0.652. The van der Waals surface area contributed by atoms with Gasteiger partial charge in [0.15, 0.2) is 5.82 Å². The second kappa shape index (κ2) is 3.95. The minimum absolute atomic E-state index is 0.217. The van der Waals surface area contributed by atoms with Crippen LogP contribution in [0.2, 0.25) is 0 Å². The standard InChI is InChI=1S/C8H12N4O3/c9-8(1-2-14-4-8)7(13)10-3-6-11-5-15-12-6/h5H,1-4,9H2,(H,10,13). The van der Waals surface area contributed by atoms with E-state index >= 15 is 0 Å². The van der Waals surface area contributed by atoms with Crippen LogP contribution in [0.5, 0.6) is 0 Å². The van der Waals surface area contributed by atoms with Crippen LogP contribution < -0.4 is 11.1 Å². The Morgan fingerprint density at radius 2 is 2.60 bits per heavy atom. The molecule has 1 saturated heterocycles. The molecule has 2 rings (SSSR count). The molecule has 7 heteroatoms. The largest absolute Gasteiger partial charge is 0.379 e. The topological polar surface area (TPSA) is 103 Å². The summed E-state index contributed by atoms with van der Waals surface area (Å²) in [4.78, 5) is 15.4. The van der Waals surface area contributed by atoms with E-state index in [1.807, 2.05) is 0 Å². The highest BCUT2D eigenvalue weighted by Crippen LogP contribution is 2.15. The summed E-state index contributed by atoms with van der Waals surface area (Å²) in [5, 5.41) is 6.20. The van der Waals surface area contributed by atoms with Crippen molar-refractivity contribution in [2.45, 2.75) is 18.5 Å². The number of nitrogens with one attached hydrogen (secondary N) is 1. The van der Waals surface area contributed by atoms with E-state index in [0.717, 1.165) is 0 Å². The maximum Gasteiger partial charge on any atom is 0.242 e. The number of ether oxygens (including phenoxy) is 1. The van der Waals surface area contributed by atoms with Gasteiger partial charge in [-0.15, -0.1) is 0 Å². The highest BCUT2D eigenvalue weighted by molar-refractivity contribution is 5.86. The Hall–Kier alpha value is -1.47. The average molecular weight is 212 g/mol. The zero-order valence-corrected chi connectivity index (χ0v) is 8.10. The molecule has 0 aliphatic carbocycles. The molecule has 82 valence electrons. The molecule has 0 radical (unpaired) electrons. The van der Waals surface area contributed by atoms with Crippen molar-refractivity contribution in [3.8, 4) is 0 Å². The first-order valence-corrected chi connectivity index (χ1v) is 4.61. The number of nitrogens with zero attached hydrogens (tertiary/aromatic N) is 2. The van der Waals surface area contributed by atoms with Crippen LogP contribution in [0.15, 0.2) is 10.9 Å². The Kier molecular flexibility index (Phi) is 2.65. The number of carbonyl (C=O) groups excluding carboxylic acids is 1. The van der Waals surface area contributed by atoms with Crippen molar-refractivity contribution in [1.82, 2.24) is 15.5 Å². The molecule has 1 fully saturated rings. The number of aromatic nitrogens is 2. The zero-order chi connectivity index (χ0) is 10.7. The third-order valence-electron chi connectivity index (χ3n) is 2.32. The van der Waals surface area contributed by atoms with Crippen LogP contribution in [0.25, 0.3) is 0 Å². The van der Waals surface area contributed by atoms with E-state index in [4.69, 9.17) is 10.5 Å². The number of hydrogen-bond donors (Lipinski definition) is 2. The molecule has 1 amide bonds. The highest BCUT2D eigenvalue weighted by Gasteiger charge is 2.38. The van der Waals surface area contributed by atoms with E-state index < -0.39 is 5.54 Å². The molecule has 15 heavy (non-hydrogen) atoms. The van der Waals surface area contributed by atoms with Crippen LogP contribution in [0, 0.1) is 0 Å². The molecule has 3 N–H and O–H groups in total. The molecule has 1 aliphatic heterocycles. The summed E-state index contributed by atoms with van der Waals surface area (Å²) in [7, 11) is 0. The fourth-order valence-corrected chi connectivity index (χ4v) is 1.37. The van der Waals surface area contributed by atoms with Gasteiger partial charge in [-0.25, -0.2) is 0 Å². The fourth-order valence-electron chi connectivity index (χ4n) is 1.37. The summed E-state index contributed by atoms with van der Waals surface area (Å²) in [6, 6.07) is 0. The monoisotopic (exact) mass is 212 g/mol. The zero-order valence-electron chi connectivity index (χ0n) is 8.10. The van der Waals surface area contributed by atoms with Gasteiger partial charge in [-0.05, 0) is 6.42 Å². The smallest absolute Gasteiger partial charge is 0.242 e. The van der Waals surface area contributed by atoms with Gasteiger partial charge in [0.1, 0.15) is 5.54 Å². The Bertz CT molecular complexity index is 332. The van der Waals surface area contributed by atoms with Gasteiger partial charge >= 0.3 is 0 Å². The molecule has 0 bridgehead atoms. The third-order valence-corrected chi connectivity index (χ3v) is 2.32. The van der Waals surface area contributed by atoms with Gasteiger partial charge in [0.25, 0.3) is 0 Å².